The monoisotopic (exact) mass is 246 g/mol. The van der Waals surface area contributed by atoms with Crippen molar-refractivity contribution in [1.29, 1.82) is 5.41 Å². The number of nitrogens with zero attached hydrogens (tertiary/aromatic N) is 2. The van der Waals surface area contributed by atoms with E-state index in [4.69, 9.17) is 11.1 Å². The van der Waals surface area contributed by atoms with Crippen LogP contribution in [0.1, 0.15) is 38.2 Å². The Labute approximate surface area is 109 Å². The van der Waals surface area contributed by atoms with Gasteiger partial charge in [0.25, 0.3) is 0 Å². The third kappa shape index (κ3) is 2.63. The Hall–Kier alpha value is -1.58. The molecule has 1 saturated carbocycles. The smallest absolute Gasteiger partial charge is 0.128 e. The summed E-state index contributed by atoms with van der Waals surface area (Å²) >= 11 is 0. The minimum Gasteiger partial charge on any atom is -0.384 e. The van der Waals surface area contributed by atoms with Gasteiger partial charge < -0.3 is 10.6 Å². The lowest BCUT2D eigenvalue weighted by Crippen LogP contribution is -2.39. The Balaban J connectivity index is 2.12. The molecular weight excluding hydrogens is 224 g/mol. The maximum absolute atomic E-state index is 7.37. The largest absolute Gasteiger partial charge is 0.384 e. The number of aromatic nitrogens is 1. The molecule has 98 valence electrons. The number of anilines is 1. The van der Waals surface area contributed by atoms with Gasteiger partial charge in [0.05, 0.1) is 0 Å². The SMILES string of the molecule is CC1CCCCC1N(C)c1ccc(C(=N)N)cn1. The number of amidine groups is 1. The number of pyridine rings is 1. The van der Waals surface area contributed by atoms with E-state index in [1.54, 1.807) is 6.20 Å². The fraction of sp³-hybridized carbons (Fsp3) is 0.571. The van der Waals surface area contributed by atoms with Crippen LogP contribution in [0, 0.1) is 11.3 Å². The first-order chi connectivity index (χ1) is 8.59. The lowest BCUT2D eigenvalue weighted by atomic mass is 9.85. The summed E-state index contributed by atoms with van der Waals surface area (Å²) in [4.78, 5) is 6.69. The van der Waals surface area contributed by atoms with Gasteiger partial charge in [-0.2, -0.15) is 0 Å². The summed E-state index contributed by atoms with van der Waals surface area (Å²) in [5.74, 6) is 1.76. The molecule has 1 aromatic rings. The fourth-order valence-electron chi connectivity index (χ4n) is 2.80. The molecule has 1 fully saturated rings. The average molecular weight is 246 g/mol. The number of nitrogen functional groups attached to an aromatic ring is 1. The molecule has 0 spiro atoms. The van der Waals surface area contributed by atoms with Crippen LogP contribution in [-0.2, 0) is 0 Å². The Morgan fingerprint density at radius 2 is 2.11 bits per heavy atom. The van der Waals surface area contributed by atoms with Crippen molar-refractivity contribution in [3.8, 4) is 0 Å². The van der Waals surface area contributed by atoms with E-state index < -0.39 is 0 Å². The molecule has 18 heavy (non-hydrogen) atoms. The van der Waals surface area contributed by atoms with Crippen LogP contribution >= 0.6 is 0 Å². The average Bonchev–Trinajstić information content (AvgIpc) is 2.38. The standard InChI is InChI=1S/C14H22N4/c1-10-5-3-4-6-12(10)18(2)13-8-7-11(9-17-13)14(15)16/h7-10,12H,3-6H2,1-2H3,(H3,15,16). The number of hydrogen-bond donors (Lipinski definition) is 2. The van der Waals surface area contributed by atoms with Crippen LogP contribution in [0.2, 0.25) is 0 Å². The van der Waals surface area contributed by atoms with Gasteiger partial charge in [-0.25, -0.2) is 4.98 Å². The summed E-state index contributed by atoms with van der Waals surface area (Å²) in [5, 5.41) is 7.37. The minimum atomic E-state index is 0.0720. The first-order valence-corrected chi connectivity index (χ1v) is 6.63. The maximum atomic E-state index is 7.37. The van der Waals surface area contributed by atoms with Crippen LogP contribution in [0.25, 0.3) is 0 Å². The Bertz CT molecular complexity index is 412. The summed E-state index contributed by atoms with van der Waals surface area (Å²) in [7, 11) is 2.11. The summed E-state index contributed by atoms with van der Waals surface area (Å²) in [6.45, 7) is 2.32. The molecule has 2 atom stereocenters. The molecule has 1 aromatic heterocycles. The molecule has 1 aliphatic rings. The van der Waals surface area contributed by atoms with E-state index in [1.807, 2.05) is 12.1 Å². The van der Waals surface area contributed by atoms with Crippen LogP contribution in [0.3, 0.4) is 0 Å². The van der Waals surface area contributed by atoms with E-state index in [0.717, 1.165) is 11.7 Å². The van der Waals surface area contributed by atoms with Gasteiger partial charge in [0.15, 0.2) is 0 Å². The lowest BCUT2D eigenvalue weighted by Gasteiger charge is -2.37. The van der Waals surface area contributed by atoms with Gasteiger partial charge >= 0.3 is 0 Å². The number of hydrogen-bond acceptors (Lipinski definition) is 3. The molecule has 0 amide bonds. The predicted octanol–water partition coefficient (Wildman–Crippen LogP) is 2.38. The number of nitrogens with one attached hydrogen (secondary N) is 1. The first-order valence-electron chi connectivity index (χ1n) is 6.63. The molecule has 2 unspecified atom stereocenters. The van der Waals surface area contributed by atoms with E-state index in [1.165, 1.54) is 25.7 Å². The second-order valence-electron chi connectivity index (χ2n) is 5.26. The minimum absolute atomic E-state index is 0.0720. The highest BCUT2D eigenvalue weighted by atomic mass is 15.2. The molecule has 0 aliphatic heterocycles. The quantitative estimate of drug-likeness (QED) is 0.635. The zero-order valence-electron chi connectivity index (χ0n) is 11.2. The highest BCUT2D eigenvalue weighted by Crippen LogP contribution is 2.29. The molecule has 4 heteroatoms. The maximum Gasteiger partial charge on any atom is 0.128 e. The third-order valence-corrected chi connectivity index (χ3v) is 3.98. The van der Waals surface area contributed by atoms with Crippen molar-refractivity contribution in [3.63, 3.8) is 0 Å². The van der Waals surface area contributed by atoms with Crippen molar-refractivity contribution in [2.75, 3.05) is 11.9 Å². The Kier molecular flexibility index (Phi) is 3.84. The van der Waals surface area contributed by atoms with Crippen molar-refractivity contribution >= 4 is 11.7 Å². The van der Waals surface area contributed by atoms with Gasteiger partial charge in [-0.1, -0.05) is 19.8 Å². The summed E-state index contributed by atoms with van der Waals surface area (Å²) < 4.78 is 0. The second kappa shape index (κ2) is 5.38. The summed E-state index contributed by atoms with van der Waals surface area (Å²) in [5.41, 5.74) is 6.12. The molecule has 0 saturated heterocycles. The van der Waals surface area contributed by atoms with Crippen LogP contribution in [0.15, 0.2) is 18.3 Å². The Morgan fingerprint density at radius 3 is 2.67 bits per heavy atom. The van der Waals surface area contributed by atoms with E-state index in [-0.39, 0.29) is 5.84 Å². The second-order valence-corrected chi connectivity index (χ2v) is 5.26. The topological polar surface area (TPSA) is 66.0 Å². The number of nitrogens with two attached hydrogens (primary N) is 1. The normalized spacial score (nSPS) is 23.7. The highest BCUT2D eigenvalue weighted by Gasteiger charge is 2.25. The van der Waals surface area contributed by atoms with E-state index in [0.29, 0.717) is 11.6 Å². The molecule has 0 aromatic carbocycles. The lowest BCUT2D eigenvalue weighted by molar-refractivity contribution is 0.320. The summed E-state index contributed by atoms with van der Waals surface area (Å²) in [6.07, 6.45) is 6.89. The molecule has 2 rings (SSSR count). The zero-order chi connectivity index (χ0) is 13.1. The van der Waals surface area contributed by atoms with Gasteiger partial charge in [0.1, 0.15) is 11.7 Å². The summed E-state index contributed by atoms with van der Waals surface area (Å²) in [6, 6.07) is 4.40. The first kappa shape index (κ1) is 12.9. The molecule has 3 N–H and O–H groups in total. The highest BCUT2D eigenvalue weighted by molar-refractivity contribution is 5.94. The molecule has 0 radical (unpaired) electrons. The van der Waals surface area contributed by atoms with E-state index in [2.05, 4.69) is 23.9 Å². The van der Waals surface area contributed by atoms with Crippen molar-refractivity contribution in [1.82, 2.24) is 4.98 Å². The number of rotatable bonds is 3. The Morgan fingerprint density at radius 1 is 1.39 bits per heavy atom. The van der Waals surface area contributed by atoms with Crippen molar-refractivity contribution in [2.24, 2.45) is 11.7 Å². The fourth-order valence-corrected chi connectivity index (χ4v) is 2.80. The predicted molar refractivity (Wildman–Crippen MR) is 75.1 cm³/mol. The van der Waals surface area contributed by atoms with Crippen LogP contribution in [0.5, 0.6) is 0 Å². The van der Waals surface area contributed by atoms with Gasteiger partial charge in [-0.15, -0.1) is 0 Å². The van der Waals surface area contributed by atoms with E-state index >= 15 is 0 Å². The van der Waals surface area contributed by atoms with Gasteiger partial charge in [-0.05, 0) is 30.9 Å². The molecule has 1 heterocycles. The molecule has 4 nitrogen and oxygen atoms in total. The third-order valence-electron chi connectivity index (χ3n) is 3.98. The molecular formula is C14H22N4. The zero-order valence-corrected chi connectivity index (χ0v) is 11.2. The molecule has 1 aliphatic carbocycles. The van der Waals surface area contributed by atoms with Gasteiger partial charge in [-0.3, -0.25) is 5.41 Å². The van der Waals surface area contributed by atoms with Crippen LogP contribution in [-0.4, -0.2) is 23.9 Å². The van der Waals surface area contributed by atoms with Gasteiger partial charge in [0, 0.05) is 24.8 Å². The van der Waals surface area contributed by atoms with Crippen molar-refractivity contribution in [2.45, 2.75) is 38.6 Å². The molecule has 0 bridgehead atoms. The van der Waals surface area contributed by atoms with Crippen LogP contribution in [0.4, 0.5) is 5.82 Å². The van der Waals surface area contributed by atoms with Crippen molar-refractivity contribution in [3.05, 3.63) is 23.9 Å². The van der Waals surface area contributed by atoms with Gasteiger partial charge in [0.2, 0.25) is 0 Å². The van der Waals surface area contributed by atoms with Crippen LogP contribution < -0.4 is 10.6 Å². The van der Waals surface area contributed by atoms with Crippen molar-refractivity contribution < 1.29 is 0 Å². The van der Waals surface area contributed by atoms with E-state index in [9.17, 15) is 0 Å².